The van der Waals surface area contributed by atoms with Crippen LogP contribution in [0.3, 0.4) is 0 Å². The molecule has 1 amide bonds. The second kappa shape index (κ2) is 9.30. The number of amides is 1. The second-order valence-electron chi connectivity index (χ2n) is 6.32. The highest BCUT2D eigenvalue weighted by Gasteiger charge is 2.23. The van der Waals surface area contributed by atoms with Crippen molar-refractivity contribution in [2.24, 2.45) is 5.92 Å². The van der Waals surface area contributed by atoms with Crippen LogP contribution in [0.1, 0.15) is 55.8 Å². The molecule has 132 valence electrons. The van der Waals surface area contributed by atoms with Gasteiger partial charge in [-0.25, -0.2) is 4.79 Å². The Hall–Kier alpha value is -2.04. The van der Waals surface area contributed by atoms with E-state index in [4.69, 9.17) is 9.47 Å². The Balaban J connectivity index is 1.88. The van der Waals surface area contributed by atoms with Crippen LogP contribution in [0.5, 0.6) is 5.75 Å². The van der Waals surface area contributed by atoms with Gasteiger partial charge in [-0.2, -0.15) is 0 Å². The predicted octanol–water partition coefficient (Wildman–Crippen LogP) is 3.33. The summed E-state index contributed by atoms with van der Waals surface area (Å²) in [6.07, 6.45) is 6.04. The average Bonchev–Trinajstić information content (AvgIpc) is 3.43. The lowest BCUT2D eigenvalue weighted by Crippen LogP contribution is -2.41. The maximum absolute atomic E-state index is 12.3. The molecule has 1 aromatic carbocycles. The number of ether oxygens (including phenoxy) is 2. The van der Waals surface area contributed by atoms with E-state index in [0.717, 1.165) is 31.6 Å². The third-order valence-corrected chi connectivity index (χ3v) is 4.19. The number of esters is 1. The van der Waals surface area contributed by atoms with Crippen LogP contribution in [0.4, 0.5) is 0 Å². The number of methoxy groups -OCH3 is 1. The Morgan fingerprint density at radius 2 is 1.92 bits per heavy atom. The lowest BCUT2D eigenvalue weighted by Gasteiger charge is -2.16. The Kier molecular flexibility index (Phi) is 7.09. The Bertz CT molecular complexity index is 537. The number of benzene rings is 1. The van der Waals surface area contributed by atoms with Crippen molar-refractivity contribution in [1.82, 2.24) is 5.32 Å². The quantitative estimate of drug-likeness (QED) is 0.527. The highest BCUT2D eigenvalue weighted by Crippen LogP contribution is 2.29. The lowest BCUT2D eigenvalue weighted by atomic mass is 10.1. The molecular formula is C19H27NO4. The largest absolute Gasteiger partial charge is 0.493 e. The molecule has 0 unspecified atom stereocenters. The standard InChI is InChI=1S/C19H27NO4/c1-3-4-5-6-17(19(22)23-2)20-18(21)15-9-11-16(12-10-15)24-13-14-7-8-14/h9-12,14,17H,3-8,13H2,1-2H3,(H,20,21)/t17-/m1/s1. The molecule has 2 rings (SSSR count). The van der Waals surface area contributed by atoms with Crippen molar-refractivity contribution >= 4 is 11.9 Å². The zero-order chi connectivity index (χ0) is 17.4. The van der Waals surface area contributed by atoms with Gasteiger partial charge < -0.3 is 14.8 Å². The van der Waals surface area contributed by atoms with Crippen LogP contribution < -0.4 is 10.1 Å². The summed E-state index contributed by atoms with van der Waals surface area (Å²) in [5.41, 5.74) is 0.512. The third kappa shape index (κ3) is 5.87. The molecule has 0 aromatic heterocycles. The SMILES string of the molecule is CCCCC[C@@H](NC(=O)c1ccc(OCC2CC2)cc1)C(=O)OC. The summed E-state index contributed by atoms with van der Waals surface area (Å²) in [6.45, 7) is 2.84. The first kappa shape index (κ1) is 18.3. The molecule has 0 saturated heterocycles. The molecule has 1 saturated carbocycles. The molecule has 1 aromatic rings. The lowest BCUT2D eigenvalue weighted by molar-refractivity contribution is -0.143. The molecule has 5 heteroatoms. The summed E-state index contributed by atoms with van der Waals surface area (Å²) in [7, 11) is 1.34. The van der Waals surface area contributed by atoms with Crippen molar-refractivity contribution in [1.29, 1.82) is 0 Å². The van der Waals surface area contributed by atoms with E-state index in [-0.39, 0.29) is 5.91 Å². The summed E-state index contributed by atoms with van der Waals surface area (Å²) in [5, 5.41) is 2.77. The van der Waals surface area contributed by atoms with Crippen molar-refractivity contribution in [3.05, 3.63) is 29.8 Å². The molecule has 1 N–H and O–H groups in total. The minimum atomic E-state index is -0.597. The van der Waals surface area contributed by atoms with E-state index in [1.54, 1.807) is 24.3 Å². The number of hydrogen-bond donors (Lipinski definition) is 1. The molecule has 1 aliphatic carbocycles. The van der Waals surface area contributed by atoms with Crippen LogP contribution in [0, 0.1) is 5.92 Å². The molecule has 0 spiro atoms. The first-order valence-electron chi connectivity index (χ1n) is 8.75. The van der Waals surface area contributed by atoms with Gasteiger partial charge in [-0.1, -0.05) is 26.2 Å². The van der Waals surface area contributed by atoms with Gasteiger partial charge in [-0.05, 0) is 49.4 Å². The minimum absolute atomic E-state index is 0.268. The molecule has 1 fully saturated rings. The summed E-state index contributed by atoms with van der Waals surface area (Å²) < 4.78 is 10.4. The van der Waals surface area contributed by atoms with Gasteiger partial charge in [0.1, 0.15) is 11.8 Å². The van der Waals surface area contributed by atoms with Gasteiger partial charge in [0.15, 0.2) is 0 Å². The Morgan fingerprint density at radius 3 is 2.50 bits per heavy atom. The molecule has 0 radical (unpaired) electrons. The fourth-order valence-electron chi connectivity index (χ4n) is 2.43. The van der Waals surface area contributed by atoms with Crippen molar-refractivity contribution < 1.29 is 19.1 Å². The number of hydrogen-bond acceptors (Lipinski definition) is 4. The van der Waals surface area contributed by atoms with Crippen LogP contribution in [-0.2, 0) is 9.53 Å². The maximum atomic E-state index is 12.3. The molecule has 0 bridgehead atoms. The minimum Gasteiger partial charge on any atom is -0.493 e. The van der Waals surface area contributed by atoms with E-state index in [2.05, 4.69) is 12.2 Å². The zero-order valence-corrected chi connectivity index (χ0v) is 14.5. The molecule has 5 nitrogen and oxygen atoms in total. The van der Waals surface area contributed by atoms with Crippen LogP contribution in [0.15, 0.2) is 24.3 Å². The van der Waals surface area contributed by atoms with E-state index in [9.17, 15) is 9.59 Å². The smallest absolute Gasteiger partial charge is 0.328 e. The fourth-order valence-corrected chi connectivity index (χ4v) is 2.43. The topological polar surface area (TPSA) is 64.6 Å². The van der Waals surface area contributed by atoms with Crippen LogP contribution in [0.25, 0.3) is 0 Å². The molecular weight excluding hydrogens is 306 g/mol. The average molecular weight is 333 g/mol. The molecule has 1 aliphatic rings. The molecule has 24 heavy (non-hydrogen) atoms. The highest BCUT2D eigenvalue weighted by atomic mass is 16.5. The van der Waals surface area contributed by atoms with Crippen LogP contribution >= 0.6 is 0 Å². The van der Waals surface area contributed by atoms with Gasteiger partial charge in [0.05, 0.1) is 13.7 Å². The van der Waals surface area contributed by atoms with Crippen molar-refractivity contribution in [3.63, 3.8) is 0 Å². The normalized spacial score (nSPS) is 14.8. The van der Waals surface area contributed by atoms with Gasteiger partial charge in [0, 0.05) is 5.56 Å². The predicted molar refractivity (Wildman–Crippen MR) is 92.1 cm³/mol. The number of carbonyl (C=O) groups is 2. The number of nitrogens with one attached hydrogen (secondary N) is 1. The first-order chi connectivity index (χ1) is 11.6. The van der Waals surface area contributed by atoms with Crippen molar-refractivity contribution in [2.75, 3.05) is 13.7 Å². The molecule has 1 atom stereocenters. The van der Waals surface area contributed by atoms with Crippen LogP contribution in [0.2, 0.25) is 0 Å². The Labute approximate surface area is 143 Å². The van der Waals surface area contributed by atoms with Gasteiger partial charge >= 0.3 is 5.97 Å². The summed E-state index contributed by atoms with van der Waals surface area (Å²) in [4.78, 5) is 24.2. The van der Waals surface area contributed by atoms with E-state index < -0.39 is 12.0 Å². The first-order valence-corrected chi connectivity index (χ1v) is 8.75. The monoisotopic (exact) mass is 333 g/mol. The van der Waals surface area contributed by atoms with E-state index in [0.29, 0.717) is 17.9 Å². The number of unbranched alkanes of at least 4 members (excludes halogenated alkanes) is 2. The number of rotatable bonds is 10. The summed E-state index contributed by atoms with van der Waals surface area (Å²) >= 11 is 0. The highest BCUT2D eigenvalue weighted by molar-refractivity contribution is 5.96. The second-order valence-corrected chi connectivity index (χ2v) is 6.32. The van der Waals surface area contributed by atoms with Gasteiger partial charge in [0.25, 0.3) is 5.91 Å². The van der Waals surface area contributed by atoms with Crippen molar-refractivity contribution in [3.8, 4) is 5.75 Å². The molecule has 0 heterocycles. The maximum Gasteiger partial charge on any atom is 0.328 e. The third-order valence-electron chi connectivity index (χ3n) is 4.19. The van der Waals surface area contributed by atoms with Gasteiger partial charge in [0.2, 0.25) is 0 Å². The summed E-state index contributed by atoms with van der Waals surface area (Å²) in [5.74, 6) is 0.794. The van der Waals surface area contributed by atoms with Gasteiger partial charge in [-0.3, -0.25) is 4.79 Å². The van der Waals surface area contributed by atoms with E-state index in [1.165, 1.54) is 20.0 Å². The molecule has 0 aliphatic heterocycles. The number of carbonyl (C=O) groups excluding carboxylic acids is 2. The van der Waals surface area contributed by atoms with E-state index >= 15 is 0 Å². The van der Waals surface area contributed by atoms with Crippen LogP contribution in [-0.4, -0.2) is 31.6 Å². The summed E-state index contributed by atoms with van der Waals surface area (Å²) in [6, 6.07) is 6.43. The Morgan fingerprint density at radius 1 is 1.21 bits per heavy atom. The fraction of sp³-hybridized carbons (Fsp3) is 0.579. The van der Waals surface area contributed by atoms with Crippen molar-refractivity contribution in [2.45, 2.75) is 51.5 Å². The van der Waals surface area contributed by atoms with Gasteiger partial charge in [-0.15, -0.1) is 0 Å². The van der Waals surface area contributed by atoms with E-state index in [1.807, 2.05) is 0 Å². The zero-order valence-electron chi connectivity index (χ0n) is 14.5.